The summed E-state index contributed by atoms with van der Waals surface area (Å²) < 4.78 is 37.5. The van der Waals surface area contributed by atoms with Crippen molar-refractivity contribution in [3.63, 3.8) is 0 Å². The zero-order chi connectivity index (χ0) is 17.0. The smallest absolute Gasteiger partial charge is 0.262 e. The Labute approximate surface area is 135 Å². The quantitative estimate of drug-likeness (QED) is 0.821. The Morgan fingerprint density at radius 1 is 1.00 bits per heavy atom. The molecule has 2 aromatic rings. The van der Waals surface area contributed by atoms with Crippen molar-refractivity contribution in [2.45, 2.75) is 11.8 Å². The lowest BCUT2D eigenvalue weighted by molar-refractivity contribution is 0.101. The number of methoxy groups -OCH3 is 2. The fourth-order valence-corrected chi connectivity index (χ4v) is 3.03. The van der Waals surface area contributed by atoms with Crippen LogP contribution in [0.15, 0.2) is 47.4 Å². The van der Waals surface area contributed by atoms with Crippen LogP contribution in [-0.2, 0) is 10.0 Å². The van der Waals surface area contributed by atoms with Gasteiger partial charge in [-0.2, -0.15) is 0 Å². The lowest BCUT2D eigenvalue weighted by Gasteiger charge is -2.13. The van der Waals surface area contributed by atoms with Crippen LogP contribution in [0, 0.1) is 0 Å². The number of benzene rings is 2. The number of carbonyl (C=O) groups is 1. The first-order valence-corrected chi connectivity index (χ1v) is 8.21. The summed E-state index contributed by atoms with van der Waals surface area (Å²) in [6, 6.07) is 10.5. The molecule has 0 aliphatic heterocycles. The zero-order valence-corrected chi connectivity index (χ0v) is 13.8. The largest absolute Gasteiger partial charge is 0.497 e. The van der Waals surface area contributed by atoms with Crippen molar-refractivity contribution >= 4 is 21.5 Å². The van der Waals surface area contributed by atoms with Gasteiger partial charge in [0.25, 0.3) is 10.0 Å². The number of rotatable bonds is 6. The number of ether oxygens (including phenoxy) is 2. The number of ketones is 1. The van der Waals surface area contributed by atoms with E-state index in [4.69, 9.17) is 9.47 Å². The molecule has 0 spiro atoms. The van der Waals surface area contributed by atoms with Crippen molar-refractivity contribution in [1.29, 1.82) is 0 Å². The van der Waals surface area contributed by atoms with Crippen LogP contribution < -0.4 is 14.2 Å². The predicted octanol–water partition coefficient (Wildman–Crippen LogP) is 2.71. The Morgan fingerprint density at radius 2 is 1.65 bits per heavy atom. The van der Waals surface area contributed by atoms with E-state index >= 15 is 0 Å². The molecule has 0 fully saturated rings. The molecular formula is C16H17NO5S. The van der Waals surface area contributed by atoms with Crippen LogP contribution in [0.3, 0.4) is 0 Å². The minimum Gasteiger partial charge on any atom is -0.497 e. The lowest BCUT2D eigenvalue weighted by atomic mass is 10.2. The fraction of sp³-hybridized carbons (Fsp3) is 0.188. The Hall–Kier alpha value is -2.54. The standard InChI is InChI=1S/C16H17NO5S/c1-11(18)12-4-7-14(8-5-12)23(19,20)17-15-9-6-13(21-2)10-16(15)22-3/h4-10,17H,1-3H3. The highest BCUT2D eigenvalue weighted by Crippen LogP contribution is 2.30. The molecule has 1 N–H and O–H groups in total. The van der Waals surface area contributed by atoms with Gasteiger partial charge in [0.2, 0.25) is 0 Å². The molecule has 0 amide bonds. The third-order valence-electron chi connectivity index (χ3n) is 3.22. The van der Waals surface area contributed by atoms with Gasteiger partial charge in [0, 0.05) is 11.6 Å². The SMILES string of the molecule is COc1ccc(NS(=O)(=O)c2ccc(C(C)=O)cc2)c(OC)c1. The summed E-state index contributed by atoms with van der Waals surface area (Å²) in [6.45, 7) is 1.42. The molecule has 0 unspecified atom stereocenters. The van der Waals surface area contributed by atoms with Crippen LogP contribution in [0.1, 0.15) is 17.3 Å². The van der Waals surface area contributed by atoms with Gasteiger partial charge in [-0.15, -0.1) is 0 Å². The maximum absolute atomic E-state index is 12.4. The first kappa shape index (κ1) is 16.8. The topological polar surface area (TPSA) is 81.7 Å². The number of nitrogens with one attached hydrogen (secondary N) is 1. The molecule has 0 aliphatic rings. The number of hydrogen-bond acceptors (Lipinski definition) is 5. The van der Waals surface area contributed by atoms with Gasteiger partial charge in [-0.1, -0.05) is 12.1 Å². The van der Waals surface area contributed by atoms with Gasteiger partial charge in [-0.25, -0.2) is 8.42 Å². The highest BCUT2D eigenvalue weighted by Gasteiger charge is 2.17. The summed E-state index contributed by atoms with van der Waals surface area (Å²) in [5.41, 5.74) is 0.745. The van der Waals surface area contributed by atoms with E-state index in [9.17, 15) is 13.2 Å². The number of carbonyl (C=O) groups excluding carboxylic acids is 1. The second-order valence-corrected chi connectivity index (χ2v) is 6.43. The van der Waals surface area contributed by atoms with Crippen LogP contribution in [0.4, 0.5) is 5.69 Å². The molecule has 0 bridgehead atoms. The average molecular weight is 335 g/mol. The van der Waals surface area contributed by atoms with Crippen LogP contribution in [-0.4, -0.2) is 28.4 Å². The monoisotopic (exact) mass is 335 g/mol. The molecular weight excluding hydrogens is 318 g/mol. The Balaban J connectivity index is 2.32. The summed E-state index contributed by atoms with van der Waals surface area (Å²) in [7, 11) is -0.842. The number of anilines is 1. The van der Waals surface area contributed by atoms with Gasteiger partial charge in [-0.05, 0) is 31.2 Å². The van der Waals surface area contributed by atoms with Gasteiger partial charge in [0.1, 0.15) is 11.5 Å². The maximum Gasteiger partial charge on any atom is 0.262 e. The molecule has 6 nitrogen and oxygen atoms in total. The highest BCUT2D eigenvalue weighted by molar-refractivity contribution is 7.92. The number of Topliss-reactive ketones (excluding diaryl/α,β-unsaturated/α-hetero) is 1. The van der Waals surface area contributed by atoms with Crippen molar-refractivity contribution < 1.29 is 22.7 Å². The first-order chi connectivity index (χ1) is 10.9. The molecule has 0 saturated carbocycles. The summed E-state index contributed by atoms with van der Waals surface area (Å²) >= 11 is 0. The van der Waals surface area contributed by atoms with E-state index in [1.165, 1.54) is 45.4 Å². The molecule has 7 heteroatoms. The highest BCUT2D eigenvalue weighted by atomic mass is 32.2. The van der Waals surface area contributed by atoms with E-state index in [1.54, 1.807) is 18.2 Å². The molecule has 23 heavy (non-hydrogen) atoms. The summed E-state index contributed by atoms with van der Waals surface area (Å²) in [6.07, 6.45) is 0. The zero-order valence-electron chi connectivity index (χ0n) is 13.0. The van der Waals surface area contributed by atoms with Crippen molar-refractivity contribution in [2.75, 3.05) is 18.9 Å². The Bertz CT molecular complexity index is 813. The summed E-state index contributed by atoms with van der Waals surface area (Å²) in [5.74, 6) is 0.766. The van der Waals surface area contributed by atoms with E-state index in [-0.39, 0.29) is 10.7 Å². The molecule has 0 aromatic heterocycles. The maximum atomic E-state index is 12.4. The third kappa shape index (κ3) is 3.81. The Morgan fingerprint density at radius 3 is 2.17 bits per heavy atom. The molecule has 2 rings (SSSR count). The van der Waals surface area contributed by atoms with Crippen molar-refractivity contribution in [3.8, 4) is 11.5 Å². The molecule has 0 aliphatic carbocycles. The Kier molecular flexibility index (Phi) is 4.90. The lowest BCUT2D eigenvalue weighted by Crippen LogP contribution is -2.13. The van der Waals surface area contributed by atoms with Crippen LogP contribution in [0.2, 0.25) is 0 Å². The minimum atomic E-state index is -3.79. The molecule has 0 saturated heterocycles. The minimum absolute atomic E-state index is 0.0559. The van der Waals surface area contributed by atoms with E-state index in [1.807, 2.05) is 0 Å². The molecule has 122 valence electrons. The van der Waals surface area contributed by atoms with Crippen LogP contribution in [0.25, 0.3) is 0 Å². The van der Waals surface area contributed by atoms with Crippen LogP contribution in [0.5, 0.6) is 11.5 Å². The summed E-state index contributed by atoms with van der Waals surface area (Å²) in [4.78, 5) is 11.3. The first-order valence-electron chi connectivity index (χ1n) is 6.73. The van der Waals surface area contributed by atoms with Gasteiger partial charge in [0.05, 0.1) is 24.8 Å². The second-order valence-electron chi connectivity index (χ2n) is 4.75. The summed E-state index contributed by atoms with van der Waals surface area (Å²) in [5, 5.41) is 0. The fourth-order valence-electron chi connectivity index (χ4n) is 1.96. The molecule has 0 atom stereocenters. The number of sulfonamides is 1. The van der Waals surface area contributed by atoms with Crippen LogP contribution >= 0.6 is 0 Å². The average Bonchev–Trinajstić information content (AvgIpc) is 2.55. The molecule has 0 heterocycles. The second kappa shape index (κ2) is 6.70. The predicted molar refractivity (Wildman–Crippen MR) is 86.8 cm³/mol. The van der Waals surface area contributed by atoms with Crippen molar-refractivity contribution in [1.82, 2.24) is 0 Å². The van der Waals surface area contributed by atoms with Gasteiger partial charge in [0.15, 0.2) is 5.78 Å². The normalized spacial score (nSPS) is 10.9. The number of hydrogen-bond donors (Lipinski definition) is 1. The molecule has 0 radical (unpaired) electrons. The third-order valence-corrected chi connectivity index (χ3v) is 4.61. The molecule has 2 aromatic carbocycles. The van der Waals surface area contributed by atoms with E-state index in [0.29, 0.717) is 22.7 Å². The van der Waals surface area contributed by atoms with Gasteiger partial charge in [-0.3, -0.25) is 9.52 Å². The van der Waals surface area contributed by atoms with E-state index in [0.717, 1.165) is 0 Å². The van der Waals surface area contributed by atoms with Gasteiger partial charge < -0.3 is 9.47 Å². The van der Waals surface area contributed by atoms with Crippen molar-refractivity contribution in [2.24, 2.45) is 0 Å². The van der Waals surface area contributed by atoms with E-state index in [2.05, 4.69) is 4.72 Å². The van der Waals surface area contributed by atoms with Crippen molar-refractivity contribution in [3.05, 3.63) is 48.0 Å². The van der Waals surface area contributed by atoms with E-state index < -0.39 is 10.0 Å². The van der Waals surface area contributed by atoms with Gasteiger partial charge >= 0.3 is 0 Å².